The highest BCUT2D eigenvalue weighted by Crippen LogP contribution is 2.17. The van der Waals surface area contributed by atoms with Crippen LogP contribution in [-0.4, -0.2) is 196 Å². The summed E-state index contributed by atoms with van der Waals surface area (Å²) in [5, 5.41) is 9.11. The maximum Gasteiger partial charge on any atom is 0.500 e. The summed E-state index contributed by atoms with van der Waals surface area (Å²) >= 11 is 0. The first-order valence-corrected chi connectivity index (χ1v) is 35.9. The number of nitrogens with zero attached hydrogens (tertiary/aromatic N) is 6. The van der Waals surface area contributed by atoms with Crippen LogP contribution in [-0.2, 0) is 59.5 Å². The zero-order valence-corrected chi connectivity index (χ0v) is 55.3. The fourth-order valence-corrected chi connectivity index (χ4v) is 14.7. The van der Waals surface area contributed by atoms with Gasteiger partial charge in [-0.3, -0.25) is 0 Å². The SMILES string of the molecule is CCCCN(CCCCCCn1c(=O)n(CCCCCCN(CCCC)C(=O)NCCC[Si](OC)(OC)OC)c(=O)n(CCCCCCN(CCCC)C(=O)NCCC[Si](OC)(OC)OC)c1=O)C(=O)NCCC[Si](OC)(OC)OC. The summed E-state index contributed by atoms with van der Waals surface area (Å²) in [6, 6.07) is 1.39. The van der Waals surface area contributed by atoms with Crippen LogP contribution in [0.4, 0.5) is 14.4 Å². The fourth-order valence-electron chi connectivity index (χ4n) is 9.53. The van der Waals surface area contributed by atoms with Gasteiger partial charge < -0.3 is 70.5 Å². The van der Waals surface area contributed by atoms with Gasteiger partial charge in [0, 0.05) is 161 Å². The molecule has 0 aliphatic rings. The number of urea groups is 3. The van der Waals surface area contributed by atoms with E-state index in [4.69, 9.17) is 39.8 Å². The van der Waals surface area contributed by atoms with Crippen molar-refractivity contribution in [3.8, 4) is 0 Å². The molecule has 3 N–H and O–H groups in total. The van der Waals surface area contributed by atoms with Crippen LogP contribution in [0.15, 0.2) is 14.4 Å². The summed E-state index contributed by atoms with van der Waals surface area (Å²) in [6.45, 7) is 11.8. The minimum Gasteiger partial charge on any atom is -0.377 e. The van der Waals surface area contributed by atoms with Gasteiger partial charge in [0.2, 0.25) is 0 Å². The zero-order chi connectivity index (χ0) is 60.4. The molecule has 474 valence electrons. The van der Waals surface area contributed by atoms with Crippen LogP contribution in [0.5, 0.6) is 0 Å². The molecule has 0 saturated heterocycles. The smallest absolute Gasteiger partial charge is 0.377 e. The van der Waals surface area contributed by atoms with Crippen molar-refractivity contribution in [2.75, 3.05) is 123 Å². The Morgan fingerprint density at radius 2 is 0.543 bits per heavy atom. The van der Waals surface area contributed by atoms with Gasteiger partial charge >= 0.3 is 61.6 Å². The highest BCUT2D eigenvalue weighted by atomic mass is 28.4. The first kappa shape index (κ1) is 75.5. The molecule has 6 amide bonds. The van der Waals surface area contributed by atoms with Crippen molar-refractivity contribution in [2.45, 2.75) is 193 Å². The number of hydrogen-bond donors (Lipinski definition) is 3. The molecule has 0 saturated carbocycles. The molecule has 1 rings (SSSR count). The number of amides is 6. The molecule has 0 unspecified atom stereocenters. The van der Waals surface area contributed by atoms with Crippen LogP contribution in [0.2, 0.25) is 18.1 Å². The summed E-state index contributed by atoms with van der Waals surface area (Å²) in [5.41, 5.74) is -1.80. The number of aromatic nitrogens is 3. The number of nitrogens with one attached hydrogen (secondary N) is 3. The molecule has 81 heavy (non-hydrogen) atoms. The maximum atomic E-state index is 14.1. The first-order valence-electron chi connectivity index (χ1n) is 30.1. The fraction of sp³-hybridized carbons (Fsp3) is 0.889. The molecule has 0 aliphatic carbocycles. The average molecular weight is 1210 g/mol. The quantitative estimate of drug-likeness (QED) is 0.0435. The van der Waals surface area contributed by atoms with Crippen molar-refractivity contribution in [2.24, 2.45) is 0 Å². The monoisotopic (exact) mass is 1210 g/mol. The molecule has 0 bridgehead atoms. The number of rotatable bonds is 51. The Bertz CT molecular complexity index is 1740. The summed E-state index contributed by atoms with van der Waals surface area (Å²) in [5.74, 6) is 0. The van der Waals surface area contributed by atoms with Gasteiger partial charge in [0.15, 0.2) is 0 Å². The van der Waals surface area contributed by atoms with E-state index >= 15 is 0 Å². The largest absolute Gasteiger partial charge is 0.500 e. The molecular weight excluding hydrogens is 1100 g/mol. The van der Waals surface area contributed by atoms with Crippen molar-refractivity contribution < 1.29 is 54.2 Å². The van der Waals surface area contributed by atoms with E-state index in [0.717, 1.165) is 96.3 Å². The third kappa shape index (κ3) is 28.3. The van der Waals surface area contributed by atoms with E-state index in [1.165, 1.54) is 13.7 Å². The second-order valence-corrected chi connectivity index (χ2v) is 29.7. The van der Waals surface area contributed by atoms with Gasteiger partial charge in [0.1, 0.15) is 0 Å². The Hall–Kier alpha value is -3.49. The van der Waals surface area contributed by atoms with E-state index < -0.39 is 43.5 Å². The van der Waals surface area contributed by atoms with Gasteiger partial charge in [-0.1, -0.05) is 78.6 Å². The van der Waals surface area contributed by atoms with Gasteiger partial charge in [-0.15, -0.1) is 0 Å². The number of unbranched alkanes of at least 4 members (excludes halogenated alkanes) is 12. The van der Waals surface area contributed by atoms with Crippen molar-refractivity contribution in [3.63, 3.8) is 0 Å². The van der Waals surface area contributed by atoms with E-state index in [0.29, 0.717) is 116 Å². The van der Waals surface area contributed by atoms with E-state index in [-0.39, 0.29) is 37.7 Å². The first-order chi connectivity index (χ1) is 39.1. The number of hydrogen-bond acceptors (Lipinski definition) is 15. The van der Waals surface area contributed by atoms with Gasteiger partial charge in [-0.25, -0.2) is 42.5 Å². The second-order valence-electron chi connectivity index (χ2n) is 20.5. The lowest BCUT2D eigenvalue weighted by Crippen LogP contribution is -2.54. The third-order valence-corrected chi connectivity index (χ3v) is 23.4. The van der Waals surface area contributed by atoms with Gasteiger partial charge in [-0.2, -0.15) is 0 Å². The van der Waals surface area contributed by atoms with Crippen molar-refractivity contribution >= 4 is 44.5 Å². The van der Waals surface area contributed by atoms with Crippen molar-refractivity contribution in [1.82, 2.24) is 44.4 Å². The molecule has 0 aromatic carbocycles. The molecule has 1 aromatic rings. The zero-order valence-electron chi connectivity index (χ0n) is 52.3. The van der Waals surface area contributed by atoms with E-state index in [1.54, 1.807) is 64.0 Å². The molecule has 0 spiro atoms. The number of carbonyl (C=O) groups excluding carboxylic acids is 3. The van der Waals surface area contributed by atoms with Gasteiger partial charge in [-0.05, 0) is 77.0 Å². The summed E-state index contributed by atoms with van der Waals surface area (Å²) in [4.78, 5) is 87.4. The highest BCUT2D eigenvalue weighted by Gasteiger charge is 2.39. The van der Waals surface area contributed by atoms with Crippen LogP contribution in [0, 0.1) is 0 Å². The normalized spacial score (nSPS) is 12.0. The van der Waals surface area contributed by atoms with Crippen LogP contribution in [0.3, 0.4) is 0 Å². The Morgan fingerprint density at radius 1 is 0.333 bits per heavy atom. The summed E-state index contributed by atoms with van der Waals surface area (Å²) in [6.07, 6.45) is 15.9. The predicted molar refractivity (Wildman–Crippen MR) is 323 cm³/mol. The predicted octanol–water partition coefficient (Wildman–Crippen LogP) is 7.09. The lowest BCUT2D eigenvalue weighted by molar-refractivity contribution is 0.122. The minimum atomic E-state index is -2.73. The maximum absolute atomic E-state index is 14.1. The Labute approximate surface area is 489 Å². The lowest BCUT2D eigenvalue weighted by Gasteiger charge is -2.25. The van der Waals surface area contributed by atoms with Crippen molar-refractivity contribution in [3.05, 3.63) is 31.5 Å². The van der Waals surface area contributed by atoms with Crippen LogP contribution in [0.25, 0.3) is 0 Å². The molecule has 1 heterocycles. The molecule has 0 fully saturated rings. The van der Waals surface area contributed by atoms with Crippen LogP contribution >= 0.6 is 0 Å². The third-order valence-electron chi connectivity index (χ3n) is 14.9. The molecule has 24 nitrogen and oxygen atoms in total. The molecule has 0 atom stereocenters. The molecule has 1 aromatic heterocycles. The summed E-state index contributed by atoms with van der Waals surface area (Å²) < 4.78 is 53.3. The standard InChI is InChI=1S/C54H111N9O15Si3/c1-13-16-37-58(49(64)55-34-31-46-79(70-4,71-5)72-6)40-25-19-22-28-43-61-52(67)62(44-29-23-20-26-41-59(38-17-14-2)50(65)56-35-32-47-80(73-7,74-8)75-9)54(69)63(53(61)68)45-30-24-21-27-42-60(39-18-15-3)51(66)57-36-33-48-81(76-10,77-11)78-12/h13-48H2,1-12H3,(H,55,64)(H,56,65)(H,57,66). The second kappa shape index (κ2) is 45.0. The van der Waals surface area contributed by atoms with Gasteiger partial charge in [0.05, 0.1) is 0 Å². The molecule has 27 heteroatoms. The lowest BCUT2D eigenvalue weighted by atomic mass is 10.1. The van der Waals surface area contributed by atoms with Crippen molar-refractivity contribution in [1.29, 1.82) is 0 Å². The number of carbonyl (C=O) groups is 3. The molecular formula is C54H111N9O15Si3. The van der Waals surface area contributed by atoms with E-state index in [1.807, 2.05) is 14.7 Å². The summed E-state index contributed by atoms with van der Waals surface area (Å²) in [7, 11) is 5.97. The Balaban J connectivity index is 3.09. The van der Waals surface area contributed by atoms with Crippen LogP contribution < -0.4 is 33.0 Å². The van der Waals surface area contributed by atoms with E-state index in [2.05, 4.69) is 36.7 Å². The Kier molecular flexibility index (Phi) is 41.9. The molecule has 0 radical (unpaired) electrons. The Morgan fingerprint density at radius 3 is 0.753 bits per heavy atom. The highest BCUT2D eigenvalue weighted by molar-refractivity contribution is 6.61. The molecule has 0 aliphatic heterocycles. The van der Waals surface area contributed by atoms with Gasteiger partial charge in [0.25, 0.3) is 0 Å². The van der Waals surface area contributed by atoms with Crippen LogP contribution in [0.1, 0.15) is 156 Å². The topological polar surface area (TPSA) is 246 Å². The van der Waals surface area contributed by atoms with E-state index in [9.17, 15) is 28.8 Å². The average Bonchev–Trinajstić information content (AvgIpc) is 3.57. The minimum absolute atomic E-state index is 0.117.